The van der Waals surface area contributed by atoms with Gasteiger partial charge in [-0.25, -0.2) is 26.6 Å². The Hall–Kier alpha value is -3.53. The highest BCUT2D eigenvalue weighted by Crippen LogP contribution is 2.28. The third-order valence-corrected chi connectivity index (χ3v) is 5.21. The van der Waals surface area contributed by atoms with Gasteiger partial charge in [0.25, 0.3) is 0 Å². The van der Waals surface area contributed by atoms with Gasteiger partial charge >= 0.3 is 0 Å². The number of carbonyl (C=O) groups excluding carboxylic acids is 1. The van der Waals surface area contributed by atoms with Gasteiger partial charge in [-0.05, 0) is 42.5 Å². The highest BCUT2D eigenvalue weighted by atomic mass is 32.2. The van der Waals surface area contributed by atoms with Crippen LogP contribution in [-0.2, 0) is 9.84 Å². The van der Waals surface area contributed by atoms with Crippen LogP contribution in [0.1, 0.15) is 16.1 Å². The highest BCUT2D eigenvalue weighted by Gasteiger charge is 2.25. The number of rotatable bonds is 4. The number of nitrogens with zero attached hydrogens (tertiary/aromatic N) is 3. The number of sulfone groups is 1. The second-order valence-electron chi connectivity index (χ2n) is 6.47. The maximum Gasteiger partial charge on any atom is 0.248 e. The Balaban J connectivity index is 2.07. The van der Waals surface area contributed by atoms with Crippen LogP contribution < -0.4 is 0 Å². The fourth-order valence-corrected chi connectivity index (χ4v) is 3.49. The van der Waals surface area contributed by atoms with Gasteiger partial charge in [-0.2, -0.15) is 4.98 Å². The van der Waals surface area contributed by atoms with Crippen LogP contribution in [-0.4, -0.2) is 35.0 Å². The molecule has 0 saturated carbocycles. The summed E-state index contributed by atoms with van der Waals surface area (Å²) in [7, 11) is -3.83. The van der Waals surface area contributed by atoms with Crippen LogP contribution in [0.15, 0.2) is 59.9 Å². The number of benzene rings is 2. The van der Waals surface area contributed by atoms with Crippen LogP contribution in [0.5, 0.6) is 0 Å². The molecule has 2 heterocycles. The van der Waals surface area contributed by atoms with Crippen LogP contribution in [0.25, 0.3) is 16.7 Å². The van der Waals surface area contributed by atoms with Gasteiger partial charge in [-0.3, -0.25) is 9.36 Å². The number of hydrogen-bond donors (Lipinski definition) is 0. The summed E-state index contributed by atoms with van der Waals surface area (Å²) in [5, 5.41) is -0.373. The lowest BCUT2D eigenvalue weighted by Gasteiger charge is -2.12. The van der Waals surface area contributed by atoms with Crippen molar-refractivity contribution in [1.82, 2.24) is 14.5 Å². The van der Waals surface area contributed by atoms with Crippen molar-refractivity contribution in [2.45, 2.75) is 5.16 Å². The fraction of sp³-hybridized carbons (Fsp3) is 0.0500. The zero-order chi connectivity index (χ0) is 21.6. The summed E-state index contributed by atoms with van der Waals surface area (Å²) in [4.78, 5) is 20.8. The summed E-state index contributed by atoms with van der Waals surface area (Å²) in [5.74, 6) is -3.20. The van der Waals surface area contributed by atoms with Crippen LogP contribution in [0, 0.1) is 17.5 Å². The number of halogens is 3. The SMILES string of the molecule is CS(=O)(=O)c1ncc2cc(C(=O)c3ccc(F)cc3)n(-c3c(F)cccc3F)c2n1. The van der Waals surface area contributed by atoms with Gasteiger partial charge in [0, 0.05) is 23.4 Å². The molecule has 2 aromatic heterocycles. The molecule has 0 aliphatic heterocycles. The van der Waals surface area contributed by atoms with Gasteiger partial charge in [0.2, 0.25) is 20.8 Å². The fourth-order valence-electron chi connectivity index (χ4n) is 3.00. The van der Waals surface area contributed by atoms with E-state index in [-0.39, 0.29) is 22.3 Å². The smallest absolute Gasteiger partial charge is 0.248 e. The predicted octanol–water partition coefficient (Wildman–Crippen LogP) is 3.47. The number of ketones is 1. The van der Waals surface area contributed by atoms with Gasteiger partial charge in [0.05, 0.1) is 5.69 Å². The van der Waals surface area contributed by atoms with E-state index in [1.54, 1.807) is 0 Å². The third-order valence-electron chi connectivity index (χ3n) is 4.35. The minimum Gasteiger partial charge on any atom is -0.287 e. The van der Waals surface area contributed by atoms with E-state index in [0.717, 1.165) is 47.4 Å². The zero-order valence-electron chi connectivity index (χ0n) is 15.3. The van der Waals surface area contributed by atoms with E-state index in [9.17, 15) is 26.4 Å². The van der Waals surface area contributed by atoms with E-state index < -0.39 is 43.9 Å². The van der Waals surface area contributed by atoms with Crippen LogP contribution >= 0.6 is 0 Å². The average Bonchev–Trinajstić information content (AvgIpc) is 3.06. The minimum atomic E-state index is -3.83. The van der Waals surface area contributed by atoms with E-state index in [1.807, 2.05) is 0 Å². The van der Waals surface area contributed by atoms with Crippen molar-refractivity contribution in [3.05, 3.63) is 83.4 Å². The molecule has 152 valence electrons. The molecule has 0 atom stereocenters. The Labute approximate surface area is 168 Å². The first kappa shape index (κ1) is 19.8. The molecule has 4 aromatic rings. The monoisotopic (exact) mass is 431 g/mol. The lowest BCUT2D eigenvalue weighted by atomic mass is 10.1. The number of aromatic nitrogens is 3. The van der Waals surface area contributed by atoms with Crippen LogP contribution in [0.3, 0.4) is 0 Å². The molecule has 0 aliphatic carbocycles. The molecule has 0 N–H and O–H groups in total. The molecule has 0 unspecified atom stereocenters. The zero-order valence-corrected chi connectivity index (χ0v) is 16.1. The molecule has 0 radical (unpaired) electrons. The van der Waals surface area contributed by atoms with Crippen LogP contribution in [0.2, 0.25) is 0 Å². The molecular weight excluding hydrogens is 419 g/mol. The second-order valence-corrected chi connectivity index (χ2v) is 8.38. The van der Waals surface area contributed by atoms with Crippen molar-refractivity contribution in [3.63, 3.8) is 0 Å². The lowest BCUT2D eigenvalue weighted by Crippen LogP contribution is -2.13. The highest BCUT2D eigenvalue weighted by molar-refractivity contribution is 7.90. The largest absolute Gasteiger partial charge is 0.287 e. The summed E-state index contributed by atoms with van der Waals surface area (Å²) >= 11 is 0. The minimum absolute atomic E-state index is 0.0634. The summed E-state index contributed by atoms with van der Waals surface area (Å²) < 4.78 is 67.1. The predicted molar refractivity (Wildman–Crippen MR) is 102 cm³/mol. The molecule has 0 spiro atoms. The second kappa shape index (κ2) is 7.06. The van der Waals surface area contributed by atoms with Crippen molar-refractivity contribution < 1.29 is 26.4 Å². The van der Waals surface area contributed by atoms with Crippen molar-refractivity contribution >= 4 is 26.7 Å². The quantitative estimate of drug-likeness (QED) is 0.365. The molecule has 2 aromatic carbocycles. The van der Waals surface area contributed by atoms with E-state index in [4.69, 9.17) is 0 Å². The third kappa shape index (κ3) is 3.35. The Morgan fingerprint density at radius 2 is 1.63 bits per heavy atom. The maximum absolute atomic E-state index is 14.6. The standard InChI is InChI=1S/C20H12F3N3O3S/c1-30(28,29)20-24-10-12-9-16(18(27)11-5-7-13(21)8-6-11)26(19(12)25-20)17-14(22)3-2-4-15(17)23/h2-10H,1H3. The molecular formula is C20H12F3N3O3S. The summed E-state index contributed by atoms with van der Waals surface area (Å²) in [6.07, 6.45) is 2.03. The molecule has 0 bridgehead atoms. The first-order valence-corrected chi connectivity index (χ1v) is 10.4. The number of carbonyl (C=O) groups is 1. The van der Waals surface area contributed by atoms with Crippen molar-refractivity contribution in [1.29, 1.82) is 0 Å². The molecule has 0 aliphatic rings. The molecule has 30 heavy (non-hydrogen) atoms. The molecule has 0 fully saturated rings. The average molecular weight is 431 g/mol. The van der Waals surface area contributed by atoms with Crippen molar-refractivity contribution in [2.24, 2.45) is 0 Å². The number of hydrogen-bond acceptors (Lipinski definition) is 5. The Bertz CT molecular complexity index is 1390. The topological polar surface area (TPSA) is 81.9 Å². The van der Waals surface area contributed by atoms with E-state index >= 15 is 0 Å². The summed E-state index contributed by atoms with van der Waals surface area (Å²) in [6, 6.07) is 9.04. The molecule has 10 heteroatoms. The molecule has 0 saturated heterocycles. The van der Waals surface area contributed by atoms with Gasteiger partial charge in [0.1, 0.15) is 28.8 Å². The van der Waals surface area contributed by atoms with E-state index in [2.05, 4.69) is 9.97 Å². The van der Waals surface area contributed by atoms with E-state index in [0.29, 0.717) is 0 Å². The van der Waals surface area contributed by atoms with Gasteiger partial charge in [0.15, 0.2) is 0 Å². The molecule has 6 nitrogen and oxygen atoms in total. The maximum atomic E-state index is 14.6. The van der Waals surface area contributed by atoms with Crippen molar-refractivity contribution in [2.75, 3.05) is 6.26 Å². The van der Waals surface area contributed by atoms with Gasteiger partial charge in [-0.15, -0.1) is 0 Å². The van der Waals surface area contributed by atoms with Crippen molar-refractivity contribution in [3.8, 4) is 5.69 Å². The van der Waals surface area contributed by atoms with Gasteiger partial charge in [-0.1, -0.05) is 6.07 Å². The molecule has 4 rings (SSSR count). The summed E-state index contributed by atoms with van der Waals surface area (Å²) in [6.45, 7) is 0. The first-order valence-electron chi connectivity index (χ1n) is 8.50. The van der Waals surface area contributed by atoms with Gasteiger partial charge < -0.3 is 0 Å². The first-order chi connectivity index (χ1) is 14.2. The van der Waals surface area contributed by atoms with Crippen LogP contribution in [0.4, 0.5) is 13.2 Å². The Morgan fingerprint density at radius 3 is 2.23 bits per heavy atom. The lowest BCUT2D eigenvalue weighted by molar-refractivity contribution is 0.103. The summed E-state index contributed by atoms with van der Waals surface area (Å²) in [5.41, 5.74) is -0.898. The Morgan fingerprint density at radius 1 is 1.00 bits per heavy atom. The molecule has 0 amide bonds. The number of fused-ring (bicyclic) bond motifs is 1. The normalized spacial score (nSPS) is 11.7. The number of para-hydroxylation sites is 1. The Kier molecular flexibility index (Phi) is 4.65. The van der Waals surface area contributed by atoms with E-state index in [1.165, 1.54) is 18.2 Å².